The topological polar surface area (TPSA) is 42.2 Å². The number of nitrogens with zero attached hydrogens (tertiary/aromatic N) is 3. The number of nitrogens with one attached hydrogen (secondary N) is 1. The molecule has 0 spiro atoms. The average molecular weight is 288 g/mol. The number of hydrogen-bond donors (Lipinski definition) is 1. The molecule has 0 unspecified atom stereocenters. The highest BCUT2D eigenvalue weighted by Crippen LogP contribution is 2.23. The second-order valence-corrected chi connectivity index (χ2v) is 6.08. The van der Waals surface area contributed by atoms with E-state index in [9.17, 15) is 4.79 Å². The Kier molecular flexibility index (Phi) is 4.12. The molecule has 0 saturated carbocycles. The molecule has 0 atom stereocenters. The molecule has 2 aromatic rings. The van der Waals surface area contributed by atoms with E-state index in [4.69, 9.17) is 0 Å². The van der Waals surface area contributed by atoms with Crippen molar-refractivity contribution in [1.82, 2.24) is 19.4 Å². The number of benzene rings is 1. The van der Waals surface area contributed by atoms with Gasteiger partial charge >= 0.3 is 5.69 Å². The lowest BCUT2D eigenvalue weighted by molar-refractivity contribution is 0.355. The Balaban J connectivity index is 2.06. The molecule has 5 nitrogen and oxygen atoms in total. The molecule has 2 heterocycles. The summed E-state index contributed by atoms with van der Waals surface area (Å²) in [5.74, 6) is 0. The number of fused-ring (bicyclic) bond motifs is 1. The largest absolute Gasteiger partial charge is 0.329 e. The fraction of sp³-hybridized carbons (Fsp3) is 0.562. The zero-order valence-electron chi connectivity index (χ0n) is 12.9. The van der Waals surface area contributed by atoms with Crippen LogP contribution in [-0.4, -0.2) is 47.8 Å². The second-order valence-electron chi connectivity index (χ2n) is 6.08. The first-order valence-electron chi connectivity index (χ1n) is 7.73. The Hall–Kier alpha value is -1.59. The number of likely N-dealkylation sites (N-methyl/N-ethyl adjacent to an activating group) is 1. The van der Waals surface area contributed by atoms with Crippen molar-refractivity contribution in [1.29, 1.82) is 0 Å². The third kappa shape index (κ3) is 2.76. The van der Waals surface area contributed by atoms with Gasteiger partial charge in [-0.05, 0) is 52.2 Å². The zero-order valence-corrected chi connectivity index (χ0v) is 12.9. The van der Waals surface area contributed by atoms with Crippen LogP contribution in [0.1, 0.15) is 18.9 Å². The first-order valence-corrected chi connectivity index (χ1v) is 7.73. The van der Waals surface area contributed by atoms with Crippen LogP contribution in [0, 0.1) is 0 Å². The maximum absolute atomic E-state index is 12.9. The summed E-state index contributed by atoms with van der Waals surface area (Å²) < 4.78 is 3.95. The fourth-order valence-corrected chi connectivity index (χ4v) is 3.17. The van der Waals surface area contributed by atoms with Crippen molar-refractivity contribution in [2.75, 3.05) is 33.7 Å². The van der Waals surface area contributed by atoms with E-state index in [1.807, 2.05) is 35.4 Å². The van der Waals surface area contributed by atoms with E-state index in [1.165, 1.54) is 0 Å². The average Bonchev–Trinajstić information content (AvgIpc) is 2.78. The van der Waals surface area contributed by atoms with E-state index in [0.29, 0.717) is 6.04 Å². The molecule has 0 amide bonds. The molecule has 1 N–H and O–H groups in total. The maximum Gasteiger partial charge on any atom is 0.329 e. The van der Waals surface area contributed by atoms with Crippen molar-refractivity contribution in [2.45, 2.75) is 25.4 Å². The summed E-state index contributed by atoms with van der Waals surface area (Å²) in [6.07, 6.45) is 2.06. The fourth-order valence-electron chi connectivity index (χ4n) is 3.17. The van der Waals surface area contributed by atoms with Gasteiger partial charge in [0.25, 0.3) is 0 Å². The van der Waals surface area contributed by atoms with E-state index < -0.39 is 0 Å². The Morgan fingerprint density at radius 3 is 2.52 bits per heavy atom. The number of hydrogen-bond acceptors (Lipinski definition) is 3. The van der Waals surface area contributed by atoms with E-state index >= 15 is 0 Å². The lowest BCUT2D eigenvalue weighted by Gasteiger charge is -2.23. The van der Waals surface area contributed by atoms with Crippen LogP contribution in [0.5, 0.6) is 0 Å². The molecule has 1 aromatic heterocycles. The van der Waals surface area contributed by atoms with Gasteiger partial charge in [-0.3, -0.25) is 9.13 Å². The van der Waals surface area contributed by atoms with Gasteiger partial charge in [-0.25, -0.2) is 4.79 Å². The number of rotatable bonds is 4. The Labute approximate surface area is 125 Å². The van der Waals surface area contributed by atoms with Crippen LogP contribution in [0.3, 0.4) is 0 Å². The molecular weight excluding hydrogens is 264 g/mol. The number of aromatic nitrogens is 2. The predicted octanol–water partition coefficient (Wildman–Crippen LogP) is 1.29. The Bertz CT molecular complexity index is 664. The monoisotopic (exact) mass is 288 g/mol. The minimum Gasteiger partial charge on any atom is -0.317 e. The molecular formula is C16H24N4O. The third-order valence-electron chi connectivity index (χ3n) is 4.31. The van der Waals surface area contributed by atoms with E-state index in [-0.39, 0.29) is 5.69 Å². The van der Waals surface area contributed by atoms with Gasteiger partial charge in [0.15, 0.2) is 0 Å². The standard InChI is InChI=1S/C16H24N4O/c1-18(2)11-12-19-14-5-3-4-6-15(14)20(16(19)21)13-7-9-17-10-8-13/h3-6,13,17H,7-12H2,1-2H3. The highest BCUT2D eigenvalue weighted by atomic mass is 16.1. The lowest BCUT2D eigenvalue weighted by atomic mass is 10.1. The van der Waals surface area contributed by atoms with Crippen LogP contribution in [-0.2, 0) is 6.54 Å². The second kappa shape index (κ2) is 6.03. The quantitative estimate of drug-likeness (QED) is 0.922. The van der Waals surface area contributed by atoms with Crippen LogP contribution in [0.4, 0.5) is 0 Å². The molecule has 114 valence electrons. The van der Waals surface area contributed by atoms with Crippen LogP contribution in [0.15, 0.2) is 29.1 Å². The van der Waals surface area contributed by atoms with Crippen molar-refractivity contribution in [3.8, 4) is 0 Å². The van der Waals surface area contributed by atoms with Crippen molar-refractivity contribution >= 4 is 11.0 Å². The summed E-state index contributed by atoms with van der Waals surface area (Å²) in [6.45, 7) is 3.60. The van der Waals surface area contributed by atoms with E-state index in [1.54, 1.807) is 0 Å². The van der Waals surface area contributed by atoms with E-state index in [0.717, 1.165) is 50.1 Å². The Morgan fingerprint density at radius 2 is 1.86 bits per heavy atom. The molecule has 0 radical (unpaired) electrons. The predicted molar refractivity (Wildman–Crippen MR) is 85.9 cm³/mol. The van der Waals surface area contributed by atoms with Crippen molar-refractivity contribution in [3.05, 3.63) is 34.7 Å². The number of piperidine rings is 1. The third-order valence-corrected chi connectivity index (χ3v) is 4.31. The highest BCUT2D eigenvalue weighted by Gasteiger charge is 2.21. The van der Waals surface area contributed by atoms with Gasteiger partial charge in [0.2, 0.25) is 0 Å². The van der Waals surface area contributed by atoms with Crippen molar-refractivity contribution in [2.24, 2.45) is 0 Å². The molecule has 5 heteroatoms. The molecule has 1 fully saturated rings. The van der Waals surface area contributed by atoms with Crippen LogP contribution >= 0.6 is 0 Å². The van der Waals surface area contributed by atoms with Gasteiger partial charge in [-0.15, -0.1) is 0 Å². The van der Waals surface area contributed by atoms with Gasteiger partial charge in [-0.1, -0.05) is 12.1 Å². The summed E-state index contributed by atoms with van der Waals surface area (Å²) in [4.78, 5) is 15.0. The molecule has 0 aliphatic carbocycles. The first kappa shape index (κ1) is 14.4. The molecule has 1 saturated heterocycles. The summed E-state index contributed by atoms with van der Waals surface area (Å²) in [5.41, 5.74) is 2.28. The molecule has 21 heavy (non-hydrogen) atoms. The molecule has 1 aliphatic heterocycles. The van der Waals surface area contributed by atoms with Crippen LogP contribution < -0.4 is 11.0 Å². The smallest absolute Gasteiger partial charge is 0.317 e. The minimum absolute atomic E-state index is 0.143. The molecule has 1 aromatic carbocycles. The van der Waals surface area contributed by atoms with Crippen LogP contribution in [0.25, 0.3) is 11.0 Å². The summed E-state index contributed by atoms with van der Waals surface area (Å²) >= 11 is 0. The summed E-state index contributed by atoms with van der Waals surface area (Å²) in [5, 5.41) is 3.37. The van der Waals surface area contributed by atoms with Crippen LogP contribution in [0.2, 0.25) is 0 Å². The van der Waals surface area contributed by atoms with Crippen molar-refractivity contribution < 1.29 is 0 Å². The lowest BCUT2D eigenvalue weighted by Crippen LogP contribution is -2.35. The maximum atomic E-state index is 12.9. The Morgan fingerprint density at radius 1 is 1.19 bits per heavy atom. The minimum atomic E-state index is 0.143. The number of para-hydroxylation sites is 2. The van der Waals surface area contributed by atoms with Gasteiger partial charge in [-0.2, -0.15) is 0 Å². The normalized spacial score (nSPS) is 16.9. The van der Waals surface area contributed by atoms with E-state index in [2.05, 4.69) is 22.3 Å². The molecule has 1 aliphatic rings. The van der Waals surface area contributed by atoms with Gasteiger partial charge in [0.1, 0.15) is 0 Å². The van der Waals surface area contributed by atoms with Gasteiger partial charge < -0.3 is 10.2 Å². The summed E-state index contributed by atoms with van der Waals surface area (Å²) in [6, 6.07) is 8.50. The summed E-state index contributed by atoms with van der Waals surface area (Å²) in [7, 11) is 4.08. The molecule has 3 rings (SSSR count). The highest BCUT2D eigenvalue weighted by molar-refractivity contribution is 5.76. The number of imidazole rings is 1. The van der Waals surface area contributed by atoms with Gasteiger partial charge in [0, 0.05) is 19.1 Å². The van der Waals surface area contributed by atoms with Crippen molar-refractivity contribution in [3.63, 3.8) is 0 Å². The first-order chi connectivity index (χ1) is 10.2. The van der Waals surface area contributed by atoms with Gasteiger partial charge in [0.05, 0.1) is 11.0 Å². The SMILES string of the molecule is CN(C)CCn1c(=O)n(C2CCNCC2)c2ccccc21. The zero-order chi connectivity index (χ0) is 14.8. The molecule has 0 bridgehead atoms.